The molecule has 1 aromatic heterocycles. The fourth-order valence-corrected chi connectivity index (χ4v) is 1.49. The summed E-state index contributed by atoms with van der Waals surface area (Å²) < 4.78 is 4.62. The van der Waals surface area contributed by atoms with Crippen LogP contribution in [0.3, 0.4) is 0 Å². The van der Waals surface area contributed by atoms with E-state index in [4.69, 9.17) is 5.11 Å². The summed E-state index contributed by atoms with van der Waals surface area (Å²) in [7, 11) is 1.34. The minimum absolute atomic E-state index is 0.0805. The molecule has 0 aliphatic heterocycles. The molecule has 1 fully saturated rings. The highest BCUT2D eigenvalue weighted by Crippen LogP contribution is 2.37. The van der Waals surface area contributed by atoms with Crippen LogP contribution in [-0.2, 0) is 4.74 Å². The topological polar surface area (TPSA) is 71.5 Å². The van der Waals surface area contributed by atoms with Crippen LogP contribution < -0.4 is 5.32 Å². The lowest BCUT2D eigenvalue weighted by Crippen LogP contribution is -2.26. The summed E-state index contributed by atoms with van der Waals surface area (Å²) in [6.45, 7) is 0.0805. The number of carbonyl (C=O) groups excluding carboxylic acids is 1. The van der Waals surface area contributed by atoms with Gasteiger partial charge >= 0.3 is 5.97 Å². The maximum absolute atomic E-state index is 11.3. The molecular formula is C11H14N2O3. The summed E-state index contributed by atoms with van der Waals surface area (Å²) in [5.74, 6) is 0.203. The largest absolute Gasteiger partial charge is 0.465 e. The first-order valence-corrected chi connectivity index (χ1v) is 5.12. The molecule has 0 bridgehead atoms. The van der Waals surface area contributed by atoms with E-state index in [0.29, 0.717) is 11.4 Å². The van der Waals surface area contributed by atoms with E-state index in [2.05, 4.69) is 15.0 Å². The number of nitrogens with zero attached hydrogens (tertiary/aromatic N) is 1. The van der Waals surface area contributed by atoms with Crippen molar-refractivity contribution in [2.24, 2.45) is 0 Å². The van der Waals surface area contributed by atoms with E-state index in [1.165, 1.54) is 7.11 Å². The van der Waals surface area contributed by atoms with Gasteiger partial charge < -0.3 is 15.2 Å². The number of aliphatic hydroxyl groups excluding tert-OH is 1. The minimum Gasteiger partial charge on any atom is -0.465 e. The van der Waals surface area contributed by atoms with Crippen LogP contribution >= 0.6 is 0 Å². The van der Waals surface area contributed by atoms with Crippen LogP contribution in [0.1, 0.15) is 23.2 Å². The number of aromatic nitrogens is 1. The van der Waals surface area contributed by atoms with Gasteiger partial charge in [-0.05, 0) is 25.0 Å². The third kappa shape index (κ3) is 2.14. The molecule has 0 unspecified atom stereocenters. The molecule has 2 rings (SSSR count). The molecular weight excluding hydrogens is 208 g/mol. The predicted molar refractivity (Wildman–Crippen MR) is 58.3 cm³/mol. The van der Waals surface area contributed by atoms with Crippen LogP contribution in [0.4, 0.5) is 5.82 Å². The lowest BCUT2D eigenvalue weighted by atomic mass is 10.2. The van der Waals surface area contributed by atoms with E-state index in [1.807, 2.05) is 0 Å². The van der Waals surface area contributed by atoms with Crippen molar-refractivity contribution in [3.05, 3.63) is 23.9 Å². The Kier molecular flexibility index (Phi) is 2.78. The highest BCUT2D eigenvalue weighted by Gasteiger charge is 2.42. The SMILES string of the molecule is COC(=O)c1ccnc(NC2(CO)CC2)c1. The molecule has 2 N–H and O–H groups in total. The average molecular weight is 222 g/mol. The summed E-state index contributed by atoms with van der Waals surface area (Å²) in [4.78, 5) is 15.4. The molecule has 5 heteroatoms. The van der Waals surface area contributed by atoms with Crippen molar-refractivity contribution in [1.29, 1.82) is 0 Å². The molecule has 86 valence electrons. The number of esters is 1. The zero-order chi connectivity index (χ0) is 11.6. The summed E-state index contributed by atoms with van der Waals surface area (Å²) in [6, 6.07) is 3.22. The molecule has 0 saturated heterocycles. The van der Waals surface area contributed by atoms with Gasteiger partial charge in [0.15, 0.2) is 0 Å². The van der Waals surface area contributed by atoms with E-state index in [9.17, 15) is 4.79 Å². The smallest absolute Gasteiger partial charge is 0.338 e. The molecule has 1 aliphatic carbocycles. The summed E-state index contributed by atoms with van der Waals surface area (Å²) in [5.41, 5.74) is 0.218. The van der Waals surface area contributed by atoms with E-state index < -0.39 is 0 Å². The Labute approximate surface area is 93.5 Å². The quantitative estimate of drug-likeness (QED) is 0.737. The van der Waals surface area contributed by atoms with Crippen molar-refractivity contribution < 1.29 is 14.6 Å². The number of anilines is 1. The molecule has 0 aromatic carbocycles. The van der Waals surface area contributed by atoms with Crippen molar-refractivity contribution in [2.75, 3.05) is 19.0 Å². The standard InChI is InChI=1S/C11H14N2O3/c1-16-10(15)8-2-5-12-9(6-8)13-11(7-14)3-4-11/h2,5-6,14H,3-4,7H2,1H3,(H,12,13). The van der Waals surface area contributed by atoms with Crippen molar-refractivity contribution in [3.8, 4) is 0 Å². The molecule has 0 atom stereocenters. The second-order valence-electron chi connectivity index (χ2n) is 3.98. The van der Waals surface area contributed by atoms with Gasteiger partial charge in [-0.25, -0.2) is 9.78 Å². The first-order valence-electron chi connectivity index (χ1n) is 5.12. The number of pyridine rings is 1. The normalized spacial score (nSPS) is 16.6. The number of hydrogen-bond acceptors (Lipinski definition) is 5. The number of carbonyl (C=O) groups is 1. The number of aliphatic hydroxyl groups is 1. The third-order valence-electron chi connectivity index (χ3n) is 2.73. The predicted octanol–water partition coefficient (Wildman–Crippen LogP) is 0.805. The average Bonchev–Trinajstić information content (AvgIpc) is 3.09. The molecule has 1 aromatic rings. The van der Waals surface area contributed by atoms with Crippen molar-refractivity contribution in [3.63, 3.8) is 0 Å². The van der Waals surface area contributed by atoms with Gasteiger partial charge in [0, 0.05) is 6.20 Å². The molecule has 0 amide bonds. The lowest BCUT2D eigenvalue weighted by Gasteiger charge is -2.15. The van der Waals surface area contributed by atoms with Gasteiger partial charge in [0.2, 0.25) is 0 Å². The Balaban J connectivity index is 2.13. The van der Waals surface area contributed by atoms with Gasteiger partial charge in [-0.3, -0.25) is 0 Å². The van der Waals surface area contributed by atoms with E-state index >= 15 is 0 Å². The third-order valence-corrected chi connectivity index (χ3v) is 2.73. The molecule has 1 aliphatic rings. The Morgan fingerprint density at radius 3 is 3.00 bits per heavy atom. The van der Waals surface area contributed by atoms with Crippen molar-refractivity contribution >= 4 is 11.8 Å². The van der Waals surface area contributed by atoms with Gasteiger partial charge in [0.1, 0.15) is 5.82 Å². The fraction of sp³-hybridized carbons (Fsp3) is 0.455. The maximum Gasteiger partial charge on any atom is 0.338 e. The van der Waals surface area contributed by atoms with Crippen LogP contribution in [0.15, 0.2) is 18.3 Å². The Morgan fingerprint density at radius 1 is 1.69 bits per heavy atom. The Hall–Kier alpha value is -1.62. The number of hydrogen-bond donors (Lipinski definition) is 2. The number of nitrogens with one attached hydrogen (secondary N) is 1. The Bertz CT molecular complexity index is 402. The molecule has 1 heterocycles. The first-order chi connectivity index (χ1) is 7.69. The molecule has 16 heavy (non-hydrogen) atoms. The zero-order valence-corrected chi connectivity index (χ0v) is 9.06. The number of methoxy groups -OCH3 is 1. The van der Waals surface area contributed by atoms with Gasteiger partial charge in [0.05, 0.1) is 24.8 Å². The Morgan fingerprint density at radius 2 is 2.44 bits per heavy atom. The van der Waals surface area contributed by atoms with Crippen molar-refractivity contribution in [1.82, 2.24) is 4.98 Å². The first kappa shape index (κ1) is 10.9. The highest BCUT2D eigenvalue weighted by molar-refractivity contribution is 5.90. The molecule has 5 nitrogen and oxygen atoms in total. The molecule has 0 spiro atoms. The van der Waals surface area contributed by atoms with Gasteiger partial charge in [-0.2, -0.15) is 0 Å². The second-order valence-corrected chi connectivity index (χ2v) is 3.98. The van der Waals surface area contributed by atoms with Crippen molar-refractivity contribution in [2.45, 2.75) is 18.4 Å². The van der Waals surface area contributed by atoms with Gasteiger partial charge in [-0.1, -0.05) is 0 Å². The number of rotatable bonds is 4. The van der Waals surface area contributed by atoms with Crippen LogP contribution in [0.2, 0.25) is 0 Å². The second kappa shape index (κ2) is 4.09. The van der Waals surface area contributed by atoms with E-state index in [1.54, 1.807) is 18.3 Å². The van der Waals surface area contributed by atoms with Crippen LogP contribution in [0, 0.1) is 0 Å². The van der Waals surface area contributed by atoms with Crippen LogP contribution in [0.5, 0.6) is 0 Å². The van der Waals surface area contributed by atoms with Gasteiger partial charge in [-0.15, -0.1) is 0 Å². The summed E-state index contributed by atoms with van der Waals surface area (Å²) in [6.07, 6.45) is 3.39. The number of ether oxygens (including phenoxy) is 1. The molecule has 0 radical (unpaired) electrons. The van der Waals surface area contributed by atoms with E-state index in [-0.39, 0.29) is 18.1 Å². The summed E-state index contributed by atoms with van der Waals surface area (Å²) in [5, 5.41) is 12.3. The van der Waals surface area contributed by atoms with E-state index in [0.717, 1.165) is 12.8 Å². The van der Waals surface area contributed by atoms with Crippen LogP contribution in [-0.4, -0.2) is 35.3 Å². The molecule has 1 saturated carbocycles. The lowest BCUT2D eigenvalue weighted by molar-refractivity contribution is 0.0600. The summed E-state index contributed by atoms with van der Waals surface area (Å²) >= 11 is 0. The van der Waals surface area contributed by atoms with Crippen LogP contribution in [0.25, 0.3) is 0 Å². The zero-order valence-electron chi connectivity index (χ0n) is 9.06. The monoisotopic (exact) mass is 222 g/mol. The maximum atomic E-state index is 11.3. The van der Waals surface area contributed by atoms with Gasteiger partial charge in [0.25, 0.3) is 0 Å². The minimum atomic E-state index is -0.390. The highest BCUT2D eigenvalue weighted by atomic mass is 16.5. The fourth-order valence-electron chi connectivity index (χ4n) is 1.49.